The van der Waals surface area contributed by atoms with Crippen LogP contribution in [0.25, 0.3) is 0 Å². The fourth-order valence-electron chi connectivity index (χ4n) is 1.41. The first-order chi connectivity index (χ1) is 8.35. The number of anilines is 2. The largest absolute Gasteiger partial charge is 0.488 e. The summed E-state index contributed by atoms with van der Waals surface area (Å²) in [7, 11) is 0.404. The Bertz CT molecular complexity index is 538. The number of aromatic nitrogens is 1. The molecule has 0 unspecified atom stereocenters. The van der Waals surface area contributed by atoms with Gasteiger partial charge in [-0.15, -0.1) is 0 Å². The van der Waals surface area contributed by atoms with Gasteiger partial charge >= 0.3 is 0 Å². The second kappa shape index (κ2) is 4.64. The third-order valence-corrected chi connectivity index (χ3v) is 3.01. The van der Waals surface area contributed by atoms with Crippen LogP contribution < -0.4 is 14.4 Å². The van der Waals surface area contributed by atoms with Gasteiger partial charge in [-0.2, -0.15) is 0 Å². The molecule has 0 spiro atoms. The summed E-state index contributed by atoms with van der Waals surface area (Å²) < 4.78 is 30.7. The number of hydrogen-bond donors (Lipinski definition) is 1. The average molecular weight is 271 g/mol. The van der Waals surface area contributed by atoms with Crippen molar-refractivity contribution < 1.29 is 13.2 Å². The Kier molecular flexibility index (Phi) is 3.34. The molecule has 0 bridgehead atoms. The van der Waals surface area contributed by atoms with Crippen molar-refractivity contribution in [3.63, 3.8) is 0 Å². The molecule has 1 N–H and O–H groups in total. The maximum Gasteiger partial charge on any atom is 0.229 e. The minimum Gasteiger partial charge on any atom is -0.488 e. The van der Waals surface area contributed by atoms with Crippen LogP contribution in [0.1, 0.15) is 12.8 Å². The first kappa shape index (κ1) is 12.9. The third kappa shape index (κ3) is 3.49. The molecule has 0 aliphatic heterocycles. The Morgan fingerprint density at radius 3 is 2.61 bits per heavy atom. The van der Waals surface area contributed by atoms with E-state index in [4.69, 9.17) is 4.74 Å². The van der Waals surface area contributed by atoms with Crippen LogP contribution in [0.2, 0.25) is 0 Å². The van der Waals surface area contributed by atoms with E-state index >= 15 is 0 Å². The van der Waals surface area contributed by atoms with E-state index in [1.807, 2.05) is 19.0 Å². The molecule has 1 fully saturated rings. The van der Waals surface area contributed by atoms with Crippen LogP contribution in [-0.4, -0.2) is 39.9 Å². The minimum atomic E-state index is -3.33. The van der Waals surface area contributed by atoms with Gasteiger partial charge in [-0.3, -0.25) is 4.72 Å². The zero-order chi connectivity index (χ0) is 13.3. The van der Waals surface area contributed by atoms with Crippen molar-refractivity contribution in [1.82, 2.24) is 4.98 Å². The van der Waals surface area contributed by atoms with E-state index in [2.05, 4.69) is 9.71 Å². The van der Waals surface area contributed by atoms with E-state index < -0.39 is 10.0 Å². The molecule has 1 aliphatic carbocycles. The van der Waals surface area contributed by atoms with Crippen LogP contribution in [0.4, 0.5) is 11.5 Å². The number of nitrogens with one attached hydrogen (secondary N) is 1. The molecule has 2 rings (SSSR count). The maximum atomic E-state index is 11.3. The van der Waals surface area contributed by atoms with E-state index in [0.717, 1.165) is 24.9 Å². The van der Waals surface area contributed by atoms with Gasteiger partial charge in [0.2, 0.25) is 10.0 Å². The standard InChI is InChI=1S/C11H17N3O3S/c1-14(2)11-6-10(17-8-4-5-8)9(7-12-11)13-18(3,15)16/h6-8,13H,4-5H2,1-3H3. The lowest BCUT2D eigenvalue weighted by molar-refractivity contribution is 0.304. The lowest BCUT2D eigenvalue weighted by Crippen LogP contribution is -2.14. The second-order valence-corrected chi connectivity index (χ2v) is 6.37. The van der Waals surface area contributed by atoms with Gasteiger partial charge in [-0.1, -0.05) is 0 Å². The number of rotatable bonds is 5. The van der Waals surface area contributed by atoms with Crippen molar-refractivity contribution in [3.05, 3.63) is 12.3 Å². The third-order valence-electron chi connectivity index (χ3n) is 2.42. The molecule has 0 atom stereocenters. The fourth-order valence-corrected chi connectivity index (χ4v) is 1.96. The highest BCUT2D eigenvalue weighted by molar-refractivity contribution is 7.92. The van der Waals surface area contributed by atoms with Crippen molar-refractivity contribution in [2.45, 2.75) is 18.9 Å². The Morgan fingerprint density at radius 1 is 1.44 bits per heavy atom. The van der Waals surface area contributed by atoms with Gasteiger partial charge < -0.3 is 9.64 Å². The SMILES string of the molecule is CN(C)c1cc(OC2CC2)c(NS(C)(=O)=O)cn1. The number of hydrogen-bond acceptors (Lipinski definition) is 5. The summed E-state index contributed by atoms with van der Waals surface area (Å²) in [4.78, 5) is 6.01. The van der Waals surface area contributed by atoms with Crippen molar-refractivity contribution in [3.8, 4) is 5.75 Å². The van der Waals surface area contributed by atoms with Crippen molar-refractivity contribution in [1.29, 1.82) is 0 Å². The second-order valence-electron chi connectivity index (χ2n) is 4.62. The summed E-state index contributed by atoms with van der Waals surface area (Å²) in [6.45, 7) is 0. The van der Waals surface area contributed by atoms with Crippen LogP contribution in [0.15, 0.2) is 12.3 Å². The molecule has 1 heterocycles. The van der Waals surface area contributed by atoms with E-state index in [1.165, 1.54) is 6.20 Å². The van der Waals surface area contributed by atoms with Gasteiger partial charge in [0, 0.05) is 20.2 Å². The molecule has 6 nitrogen and oxygen atoms in total. The van der Waals surface area contributed by atoms with Crippen LogP contribution >= 0.6 is 0 Å². The lowest BCUT2D eigenvalue weighted by Gasteiger charge is -2.16. The number of sulfonamides is 1. The predicted octanol–water partition coefficient (Wildman–Crippen LogP) is 1.06. The molecule has 0 amide bonds. The molecular formula is C11H17N3O3S. The zero-order valence-corrected chi connectivity index (χ0v) is 11.5. The summed E-state index contributed by atoms with van der Waals surface area (Å²) in [6.07, 6.45) is 4.81. The number of nitrogens with zero attached hydrogens (tertiary/aromatic N) is 2. The molecule has 18 heavy (non-hydrogen) atoms. The molecule has 1 aromatic rings. The monoisotopic (exact) mass is 271 g/mol. The summed E-state index contributed by atoms with van der Waals surface area (Å²) in [6, 6.07) is 1.74. The fraction of sp³-hybridized carbons (Fsp3) is 0.545. The van der Waals surface area contributed by atoms with Gasteiger partial charge in [0.05, 0.1) is 18.6 Å². The molecule has 7 heteroatoms. The Balaban J connectivity index is 2.31. The normalized spacial score (nSPS) is 15.3. The smallest absolute Gasteiger partial charge is 0.229 e. The van der Waals surface area contributed by atoms with Crippen LogP contribution in [0.3, 0.4) is 0 Å². The van der Waals surface area contributed by atoms with Crippen molar-refractivity contribution >= 4 is 21.5 Å². The summed E-state index contributed by atoms with van der Waals surface area (Å²) >= 11 is 0. The quantitative estimate of drug-likeness (QED) is 0.867. The average Bonchev–Trinajstić information content (AvgIpc) is 3.02. The topological polar surface area (TPSA) is 71.5 Å². The Labute approximate surface area is 107 Å². The van der Waals surface area contributed by atoms with E-state index in [9.17, 15) is 8.42 Å². The first-order valence-corrected chi connectivity index (χ1v) is 7.56. The summed E-state index contributed by atoms with van der Waals surface area (Å²) in [5, 5.41) is 0. The molecule has 0 saturated heterocycles. The maximum absolute atomic E-state index is 11.3. The Morgan fingerprint density at radius 2 is 2.11 bits per heavy atom. The van der Waals surface area contributed by atoms with Gasteiger partial charge in [-0.25, -0.2) is 13.4 Å². The highest BCUT2D eigenvalue weighted by atomic mass is 32.2. The zero-order valence-electron chi connectivity index (χ0n) is 10.7. The highest BCUT2D eigenvalue weighted by Crippen LogP contribution is 2.33. The summed E-state index contributed by atoms with van der Waals surface area (Å²) in [5.74, 6) is 1.26. The molecule has 0 radical (unpaired) electrons. The highest BCUT2D eigenvalue weighted by Gasteiger charge is 2.25. The molecule has 1 saturated carbocycles. The first-order valence-electron chi connectivity index (χ1n) is 5.67. The number of pyridine rings is 1. The lowest BCUT2D eigenvalue weighted by atomic mass is 10.3. The van der Waals surface area contributed by atoms with Crippen LogP contribution in [-0.2, 0) is 10.0 Å². The molecule has 1 aromatic heterocycles. The van der Waals surface area contributed by atoms with Gasteiger partial charge in [0.15, 0.2) is 0 Å². The van der Waals surface area contributed by atoms with Crippen LogP contribution in [0, 0.1) is 0 Å². The Hall–Kier alpha value is -1.50. The van der Waals surface area contributed by atoms with Crippen LogP contribution in [0.5, 0.6) is 5.75 Å². The van der Waals surface area contributed by atoms with Gasteiger partial charge in [-0.05, 0) is 12.8 Å². The summed E-state index contributed by atoms with van der Waals surface area (Å²) in [5.41, 5.74) is 0.384. The van der Waals surface area contributed by atoms with E-state index in [-0.39, 0.29) is 6.10 Å². The minimum absolute atomic E-state index is 0.197. The molecule has 100 valence electrons. The molecular weight excluding hydrogens is 254 g/mol. The predicted molar refractivity (Wildman–Crippen MR) is 70.7 cm³/mol. The van der Waals surface area contributed by atoms with Crippen molar-refractivity contribution in [2.75, 3.05) is 30.0 Å². The molecule has 0 aromatic carbocycles. The van der Waals surface area contributed by atoms with Crippen molar-refractivity contribution in [2.24, 2.45) is 0 Å². The van der Waals surface area contributed by atoms with E-state index in [1.54, 1.807) is 6.07 Å². The number of ether oxygens (including phenoxy) is 1. The molecule has 1 aliphatic rings. The van der Waals surface area contributed by atoms with Gasteiger partial charge in [0.1, 0.15) is 17.3 Å². The van der Waals surface area contributed by atoms with E-state index in [0.29, 0.717) is 11.4 Å². The van der Waals surface area contributed by atoms with Gasteiger partial charge in [0.25, 0.3) is 0 Å².